The predicted octanol–water partition coefficient (Wildman–Crippen LogP) is 0.811. The highest BCUT2D eigenvalue weighted by Gasteiger charge is 2.29. The van der Waals surface area contributed by atoms with Crippen molar-refractivity contribution in [3.63, 3.8) is 0 Å². The smallest absolute Gasteiger partial charge is 0.251 e. The number of anilines is 2. The highest BCUT2D eigenvalue weighted by Crippen LogP contribution is 2.32. The van der Waals surface area contributed by atoms with Crippen molar-refractivity contribution in [3.05, 3.63) is 23.8 Å². The van der Waals surface area contributed by atoms with E-state index in [2.05, 4.69) is 10.6 Å². The van der Waals surface area contributed by atoms with Crippen molar-refractivity contribution in [2.75, 3.05) is 24.6 Å². The van der Waals surface area contributed by atoms with Gasteiger partial charge in [0.2, 0.25) is 0 Å². The molecule has 1 amide bonds. The van der Waals surface area contributed by atoms with Crippen molar-refractivity contribution >= 4 is 17.3 Å². The number of carbonyl (C=O) groups is 1. The van der Waals surface area contributed by atoms with E-state index in [0.717, 1.165) is 18.5 Å². The SMILES string of the molecule is CNC(=O)c1ccc(NCC(O)C2CC2)c(N)c1. The van der Waals surface area contributed by atoms with Gasteiger partial charge in [-0.05, 0) is 37.0 Å². The number of nitrogen functional groups attached to an aromatic ring is 1. The molecule has 0 spiro atoms. The summed E-state index contributed by atoms with van der Waals surface area (Å²) in [4.78, 5) is 11.4. The summed E-state index contributed by atoms with van der Waals surface area (Å²) >= 11 is 0. The van der Waals surface area contributed by atoms with E-state index in [1.54, 1.807) is 25.2 Å². The number of aliphatic hydroxyl groups is 1. The van der Waals surface area contributed by atoms with E-state index >= 15 is 0 Å². The number of hydrogen-bond donors (Lipinski definition) is 4. The lowest BCUT2D eigenvalue weighted by Crippen LogP contribution is -2.22. The molecule has 98 valence electrons. The van der Waals surface area contributed by atoms with Gasteiger partial charge in [0.1, 0.15) is 0 Å². The van der Waals surface area contributed by atoms with Gasteiger partial charge in [-0.25, -0.2) is 0 Å². The Labute approximate surface area is 106 Å². The Balaban J connectivity index is 1.98. The second-order valence-corrected chi connectivity index (χ2v) is 4.67. The molecule has 1 aliphatic rings. The molecule has 0 aliphatic heterocycles. The maximum absolute atomic E-state index is 11.4. The summed E-state index contributed by atoms with van der Waals surface area (Å²) in [6.45, 7) is 0.494. The fraction of sp³-hybridized carbons (Fsp3) is 0.462. The summed E-state index contributed by atoms with van der Waals surface area (Å²) in [7, 11) is 1.58. The molecule has 0 aromatic heterocycles. The zero-order chi connectivity index (χ0) is 13.1. The first kappa shape index (κ1) is 12.7. The molecule has 1 fully saturated rings. The van der Waals surface area contributed by atoms with E-state index in [4.69, 9.17) is 5.73 Å². The topological polar surface area (TPSA) is 87.4 Å². The lowest BCUT2D eigenvalue weighted by Gasteiger charge is -2.14. The van der Waals surface area contributed by atoms with Gasteiger partial charge in [-0.1, -0.05) is 0 Å². The normalized spacial score (nSPS) is 16.1. The van der Waals surface area contributed by atoms with Gasteiger partial charge in [0.25, 0.3) is 5.91 Å². The van der Waals surface area contributed by atoms with Crippen molar-refractivity contribution in [2.24, 2.45) is 5.92 Å². The molecule has 0 heterocycles. The summed E-state index contributed by atoms with van der Waals surface area (Å²) < 4.78 is 0. The molecule has 1 saturated carbocycles. The van der Waals surface area contributed by atoms with Gasteiger partial charge in [0.05, 0.1) is 17.5 Å². The Morgan fingerprint density at radius 1 is 1.56 bits per heavy atom. The van der Waals surface area contributed by atoms with Crippen LogP contribution in [0.3, 0.4) is 0 Å². The minimum Gasteiger partial charge on any atom is -0.397 e. The van der Waals surface area contributed by atoms with E-state index in [-0.39, 0.29) is 12.0 Å². The van der Waals surface area contributed by atoms with Crippen molar-refractivity contribution in [1.29, 1.82) is 0 Å². The Kier molecular flexibility index (Phi) is 3.72. The van der Waals surface area contributed by atoms with Crippen LogP contribution in [0.5, 0.6) is 0 Å². The van der Waals surface area contributed by atoms with E-state index in [1.165, 1.54) is 0 Å². The standard InChI is InChI=1S/C13H19N3O2/c1-15-13(18)9-4-5-11(10(14)6-9)16-7-12(17)8-2-3-8/h4-6,8,12,16-17H,2-3,7,14H2,1H3,(H,15,18). The molecule has 2 rings (SSSR count). The molecule has 5 nitrogen and oxygen atoms in total. The Bertz CT molecular complexity index is 444. The minimum atomic E-state index is -0.317. The minimum absolute atomic E-state index is 0.161. The molecule has 18 heavy (non-hydrogen) atoms. The molecule has 1 unspecified atom stereocenters. The fourth-order valence-electron chi connectivity index (χ4n) is 1.87. The van der Waals surface area contributed by atoms with Crippen molar-refractivity contribution in [2.45, 2.75) is 18.9 Å². The maximum Gasteiger partial charge on any atom is 0.251 e. The molecule has 1 atom stereocenters. The molecular weight excluding hydrogens is 230 g/mol. The quantitative estimate of drug-likeness (QED) is 0.582. The molecule has 0 radical (unpaired) electrons. The zero-order valence-corrected chi connectivity index (χ0v) is 10.4. The molecule has 0 saturated heterocycles. The lowest BCUT2D eigenvalue weighted by molar-refractivity contribution is 0.0963. The number of benzene rings is 1. The van der Waals surface area contributed by atoms with Crippen molar-refractivity contribution in [3.8, 4) is 0 Å². The van der Waals surface area contributed by atoms with Gasteiger partial charge in [-0.15, -0.1) is 0 Å². The number of carbonyl (C=O) groups excluding carboxylic acids is 1. The molecular formula is C13H19N3O2. The number of rotatable bonds is 5. The number of amides is 1. The predicted molar refractivity (Wildman–Crippen MR) is 71.5 cm³/mol. The van der Waals surface area contributed by atoms with Gasteiger partial charge in [-0.2, -0.15) is 0 Å². The highest BCUT2D eigenvalue weighted by atomic mass is 16.3. The van der Waals surface area contributed by atoms with Gasteiger partial charge in [0, 0.05) is 19.2 Å². The maximum atomic E-state index is 11.4. The van der Waals surface area contributed by atoms with Crippen molar-refractivity contribution in [1.82, 2.24) is 5.32 Å². The summed E-state index contributed by atoms with van der Waals surface area (Å²) in [5.74, 6) is 0.273. The van der Waals surface area contributed by atoms with E-state index in [9.17, 15) is 9.90 Å². The van der Waals surface area contributed by atoms with Gasteiger partial charge >= 0.3 is 0 Å². The second-order valence-electron chi connectivity index (χ2n) is 4.67. The van der Waals surface area contributed by atoms with Crippen LogP contribution in [0.25, 0.3) is 0 Å². The number of nitrogens with two attached hydrogens (primary N) is 1. The summed E-state index contributed by atoms with van der Waals surface area (Å²) in [6.07, 6.45) is 1.89. The van der Waals surface area contributed by atoms with E-state index < -0.39 is 0 Å². The van der Waals surface area contributed by atoms with Crippen LogP contribution in [-0.4, -0.2) is 30.7 Å². The summed E-state index contributed by atoms with van der Waals surface area (Å²) in [5, 5.41) is 15.4. The Morgan fingerprint density at radius 2 is 2.28 bits per heavy atom. The second kappa shape index (κ2) is 5.27. The fourth-order valence-corrected chi connectivity index (χ4v) is 1.87. The zero-order valence-electron chi connectivity index (χ0n) is 10.4. The molecule has 1 aromatic carbocycles. The molecule has 1 aromatic rings. The van der Waals surface area contributed by atoms with Crippen LogP contribution in [0, 0.1) is 5.92 Å². The molecule has 0 bridgehead atoms. The third kappa shape index (κ3) is 2.92. The highest BCUT2D eigenvalue weighted by molar-refractivity contribution is 5.95. The number of aliphatic hydroxyl groups excluding tert-OH is 1. The molecule has 5 N–H and O–H groups in total. The average Bonchev–Trinajstić information content (AvgIpc) is 3.20. The van der Waals surface area contributed by atoms with Gasteiger partial charge < -0.3 is 21.5 Å². The third-order valence-electron chi connectivity index (χ3n) is 3.21. The monoisotopic (exact) mass is 249 g/mol. The van der Waals surface area contributed by atoms with Crippen LogP contribution in [0.4, 0.5) is 11.4 Å². The summed E-state index contributed by atoms with van der Waals surface area (Å²) in [6, 6.07) is 5.10. The largest absolute Gasteiger partial charge is 0.397 e. The van der Waals surface area contributed by atoms with Crippen LogP contribution in [0.15, 0.2) is 18.2 Å². The number of nitrogens with one attached hydrogen (secondary N) is 2. The van der Waals surface area contributed by atoms with Crippen LogP contribution >= 0.6 is 0 Å². The van der Waals surface area contributed by atoms with Crippen LogP contribution in [0.2, 0.25) is 0 Å². The Morgan fingerprint density at radius 3 is 2.83 bits per heavy atom. The van der Waals surface area contributed by atoms with Gasteiger partial charge in [-0.3, -0.25) is 4.79 Å². The van der Waals surface area contributed by atoms with E-state index in [1.807, 2.05) is 0 Å². The lowest BCUT2D eigenvalue weighted by atomic mass is 10.1. The first-order valence-electron chi connectivity index (χ1n) is 6.15. The van der Waals surface area contributed by atoms with Gasteiger partial charge in [0.15, 0.2) is 0 Å². The first-order valence-corrected chi connectivity index (χ1v) is 6.15. The number of hydrogen-bond acceptors (Lipinski definition) is 4. The Hall–Kier alpha value is -1.75. The third-order valence-corrected chi connectivity index (χ3v) is 3.21. The average molecular weight is 249 g/mol. The van der Waals surface area contributed by atoms with Crippen LogP contribution in [-0.2, 0) is 0 Å². The van der Waals surface area contributed by atoms with Crippen LogP contribution in [0.1, 0.15) is 23.2 Å². The summed E-state index contributed by atoms with van der Waals surface area (Å²) in [5.41, 5.74) is 7.66. The molecule has 5 heteroatoms. The van der Waals surface area contributed by atoms with Crippen molar-refractivity contribution < 1.29 is 9.90 Å². The molecule has 1 aliphatic carbocycles. The van der Waals surface area contributed by atoms with E-state index in [0.29, 0.717) is 23.7 Å². The first-order chi connectivity index (χ1) is 8.61. The van der Waals surface area contributed by atoms with Crippen LogP contribution < -0.4 is 16.4 Å².